The number of carbonyl (C=O) groups excluding carboxylic acids is 1. The van der Waals surface area contributed by atoms with Crippen LogP contribution in [0.1, 0.15) is 90.9 Å². The summed E-state index contributed by atoms with van der Waals surface area (Å²) in [6, 6.07) is 0. The molecule has 0 radical (unpaired) electrons. The molecule has 5 fully saturated rings. The van der Waals surface area contributed by atoms with Crippen molar-refractivity contribution in [2.45, 2.75) is 90.9 Å². The van der Waals surface area contributed by atoms with Crippen molar-refractivity contribution in [3.63, 3.8) is 0 Å². The maximum Gasteiger partial charge on any atom is 0.139 e. The summed E-state index contributed by atoms with van der Waals surface area (Å²) >= 11 is 0. The van der Waals surface area contributed by atoms with Gasteiger partial charge in [0.05, 0.1) is 0 Å². The van der Waals surface area contributed by atoms with Crippen molar-refractivity contribution in [1.82, 2.24) is 4.90 Å². The van der Waals surface area contributed by atoms with E-state index in [2.05, 4.69) is 32.4 Å². The molecule has 30 heavy (non-hydrogen) atoms. The Balaban J connectivity index is 1.25. The molecule has 5 aliphatic rings. The third-order valence-corrected chi connectivity index (χ3v) is 11.3. The zero-order valence-corrected chi connectivity index (χ0v) is 19.9. The first-order chi connectivity index (χ1) is 14.3. The van der Waals surface area contributed by atoms with Gasteiger partial charge in [0.2, 0.25) is 0 Å². The highest BCUT2D eigenvalue weighted by molar-refractivity contribution is 5.87. The molecule has 0 aromatic carbocycles. The molecular formula is C28H45NO. The van der Waals surface area contributed by atoms with E-state index in [9.17, 15) is 4.79 Å². The number of piperidine rings is 1. The Labute approximate surface area is 185 Å². The molecule has 0 aromatic rings. The topological polar surface area (TPSA) is 20.3 Å². The molecule has 1 aliphatic heterocycles. The van der Waals surface area contributed by atoms with Crippen LogP contribution in [0.15, 0.2) is 12.2 Å². The van der Waals surface area contributed by atoms with Gasteiger partial charge in [-0.1, -0.05) is 38.8 Å². The largest absolute Gasteiger partial charge is 0.306 e. The number of Topliss-reactive ketones (excluding diaryl/α,β-unsaturated/α-hetero) is 1. The van der Waals surface area contributed by atoms with E-state index in [-0.39, 0.29) is 5.41 Å². The first-order valence-corrected chi connectivity index (χ1v) is 13.2. The number of carbonyl (C=O) groups is 1. The Morgan fingerprint density at radius 2 is 1.70 bits per heavy atom. The van der Waals surface area contributed by atoms with Gasteiger partial charge < -0.3 is 4.90 Å². The standard InChI is InChI=1S/C28H45NO/c1-19-17-22-18-21(6-5-20-11-15-29(4)16-12-20)9-13-27(22,2)24-10-14-28(3)23(26(19)24)7-8-25(28)30/h20-24,26H,1,5-18H2,2-4H3/t21?,22?,23?,24?,26?,27-,28-/m0/s1. The van der Waals surface area contributed by atoms with Gasteiger partial charge in [0.25, 0.3) is 0 Å². The predicted molar refractivity (Wildman–Crippen MR) is 124 cm³/mol. The number of allylic oxidation sites excluding steroid dienone is 1. The van der Waals surface area contributed by atoms with Crippen LogP contribution in [-0.4, -0.2) is 30.8 Å². The minimum absolute atomic E-state index is 0.0292. The van der Waals surface area contributed by atoms with Gasteiger partial charge >= 0.3 is 0 Å². The summed E-state index contributed by atoms with van der Waals surface area (Å²) in [6.45, 7) is 12.2. The van der Waals surface area contributed by atoms with Crippen LogP contribution in [0.5, 0.6) is 0 Å². The molecule has 5 unspecified atom stereocenters. The highest BCUT2D eigenvalue weighted by atomic mass is 16.1. The molecule has 0 amide bonds. The van der Waals surface area contributed by atoms with Crippen molar-refractivity contribution in [1.29, 1.82) is 0 Å². The molecule has 1 saturated heterocycles. The van der Waals surface area contributed by atoms with E-state index in [1.807, 2.05) is 0 Å². The fourth-order valence-corrected chi connectivity index (χ4v) is 9.07. The lowest BCUT2D eigenvalue weighted by Gasteiger charge is -2.61. The molecule has 0 aromatic heterocycles. The van der Waals surface area contributed by atoms with Crippen molar-refractivity contribution in [3.8, 4) is 0 Å². The van der Waals surface area contributed by atoms with E-state index in [1.165, 1.54) is 76.5 Å². The minimum Gasteiger partial charge on any atom is -0.306 e. The van der Waals surface area contributed by atoms with Gasteiger partial charge in [-0.15, -0.1) is 0 Å². The Hall–Kier alpha value is -0.630. The van der Waals surface area contributed by atoms with E-state index in [0.717, 1.165) is 42.9 Å². The molecule has 4 aliphatic carbocycles. The van der Waals surface area contributed by atoms with E-state index in [0.29, 0.717) is 23.0 Å². The normalized spacial score (nSPS) is 47.6. The molecule has 0 spiro atoms. The van der Waals surface area contributed by atoms with Crippen molar-refractivity contribution < 1.29 is 4.79 Å². The quantitative estimate of drug-likeness (QED) is 0.494. The maximum absolute atomic E-state index is 12.7. The van der Waals surface area contributed by atoms with Gasteiger partial charge in [-0.2, -0.15) is 0 Å². The van der Waals surface area contributed by atoms with Gasteiger partial charge in [0.15, 0.2) is 0 Å². The summed E-state index contributed by atoms with van der Waals surface area (Å²) in [6.07, 6.45) is 15.8. The third-order valence-electron chi connectivity index (χ3n) is 11.3. The second kappa shape index (κ2) is 7.75. The molecular weight excluding hydrogens is 366 g/mol. The van der Waals surface area contributed by atoms with Gasteiger partial charge in [0, 0.05) is 11.8 Å². The predicted octanol–water partition coefficient (Wildman–Crippen LogP) is 6.50. The lowest BCUT2D eigenvalue weighted by molar-refractivity contribution is -0.135. The van der Waals surface area contributed by atoms with Crippen molar-refractivity contribution in [3.05, 3.63) is 12.2 Å². The summed E-state index contributed by atoms with van der Waals surface area (Å²) < 4.78 is 0. The smallest absolute Gasteiger partial charge is 0.139 e. The molecule has 7 atom stereocenters. The second-order valence-electron chi connectivity index (χ2n) is 12.7. The molecule has 0 bridgehead atoms. The van der Waals surface area contributed by atoms with Crippen LogP contribution < -0.4 is 0 Å². The van der Waals surface area contributed by atoms with Crippen LogP contribution in [0.25, 0.3) is 0 Å². The first kappa shape index (κ1) is 21.2. The highest BCUT2D eigenvalue weighted by Crippen LogP contribution is 2.67. The number of ketones is 1. The number of rotatable bonds is 3. The average molecular weight is 412 g/mol. The van der Waals surface area contributed by atoms with Crippen LogP contribution in [0.2, 0.25) is 0 Å². The maximum atomic E-state index is 12.7. The number of nitrogens with zero attached hydrogens (tertiary/aromatic N) is 1. The number of likely N-dealkylation sites (tertiary alicyclic amines) is 1. The monoisotopic (exact) mass is 411 g/mol. The van der Waals surface area contributed by atoms with E-state index in [1.54, 1.807) is 0 Å². The molecule has 0 N–H and O–H groups in total. The molecule has 1 heterocycles. The summed E-state index contributed by atoms with van der Waals surface area (Å²) in [4.78, 5) is 15.2. The number of hydrogen-bond acceptors (Lipinski definition) is 2. The first-order valence-electron chi connectivity index (χ1n) is 13.2. The minimum atomic E-state index is -0.0292. The van der Waals surface area contributed by atoms with Gasteiger partial charge in [-0.05, 0) is 119 Å². The van der Waals surface area contributed by atoms with Crippen molar-refractivity contribution in [2.75, 3.05) is 20.1 Å². The summed E-state index contributed by atoms with van der Waals surface area (Å²) in [7, 11) is 2.27. The van der Waals surface area contributed by atoms with E-state index in [4.69, 9.17) is 0 Å². The lowest BCUT2D eigenvalue weighted by atomic mass is 9.43. The molecule has 5 rings (SSSR count). The SMILES string of the molecule is C=C1CC2CC(CCC3CCN(C)CC3)CC[C@]2(C)C2CC[C@]3(C)C(=O)CCC3C12. The molecule has 2 heteroatoms. The molecule has 168 valence electrons. The summed E-state index contributed by atoms with van der Waals surface area (Å²) in [5.41, 5.74) is 2.01. The van der Waals surface area contributed by atoms with Crippen LogP contribution in [-0.2, 0) is 4.79 Å². The van der Waals surface area contributed by atoms with Crippen LogP contribution >= 0.6 is 0 Å². The van der Waals surface area contributed by atoms with E-state index >= 15 is 0 Å². The Bertz CT molecular complexity index is 691. The third kappa shape index (κ3) is 3.35. The Morgan fingerprint density at radius 1 is 0.967 bits per heavy atom. The highest BCUT2D eigenvalue weighted by Gasteiger charge is 2.61. The van der Waals surface area contributed by atoms with Crippen LogP contribution in [0, 0.1) is 46.3 Å². The number of fused-ring (bicyclic) bond motifs is 5. The van der Waals surface area contributed by atoms with Crippen LogP contribution in [0.4, 0.5) is 0 Å². The van der Waals surface area contributed by atoms with Crippen LogP contribution in [0.3, 0.4) is 0 Å². The fraction of sp³-hybridized carbons (Fsp3) is 0.893. The summed E-state index contributed by atoms with van der Waals surface area (Å²) in [5, 5.41) is 0. The van der Waals surface area contributed by atoms with Gasteiger partial charge in [0.1, 0.15) is 5.78 Å². The Morgan fingerprint density at radius 3 is 2.47 bits per heavy atom. The van der Waals surface area contributed by atoms with E-state index < -0.39 is 0 Å². The zero-order chi connectivity index (χ0) is 21.1. The molecule has 4 saturated carbocycles. The molecule has 2 nitrogen and oxygen atoms in total. The Kier molecular flexibility index (Phi) is 5.48. The zero-order valence-electron chi connectivity index (χ0n) is 19.9. The van der Waals surface area contributed by atoms with Crippen molar-refractivity contribution >= 4 is 5.78 Å². The fourth-order valence-electron chi connectivity index (χ4n) is 9.07. The van der Waals surface area contributed by atoms with Gasteiger partial charge in [-0.25, -0.2) is 0 Å². The average Bonchev–Trinajstić information content (AvgIpc) is 3.03. The van der Waals surface area contributed by atoms with Gasteiger partial charge in [-0.3, -0.25) is 4.79 Å². The number of hydrogen-bond donors (Lipinski definition) is 0. The second-order valence-corrected chi connectivity index (χ2v) is 12.7. The lowest BCUT2D eigenvalue weighted by Crippen LogP contribution is -2.54. The summed E-state index contributed by atoms with van der Waals surface area (Å²) in [5.74, 6) is 5.36. The van der Waals surface area contributed by atoms with Crippen molar-refractivity contribution in [2.24, 2.45) is 46.3 Å².